The van der Waals surface area contributed by atoms with Crippen molar-refractivity contribution >= 4 is 15.9 Å². The molecule has 1 aromatic rings. The number of hydrogen-bond donors (Lipinski definition) is 1. The van der Waals surface area contributed by atoms with Crippen LogP contribution in [-0.2, 0) is 5.41 Å². The summed E-state index contributed by atoms with van der Waals surface area (Å²) in [5, 5.41) is 0. The molecule has 2 N–H and O–H groups in total. The first-order chi connectivity index (χ1) is 6.66. The van der Waals surface area contributed by atoms with Crippen LogP contribution >= 0.6 is 15.9 Å². The highest BCUT2D eigenvalue weighted by Crippen LogP contribution is 2.46. The van der Waals surface area contributed by atoms with Crippen LogP contribution in [0.1, 0.15) is 25.3 Å². The van der Waals surface area contributed by atoms with Gasteiger partial charge in [-0.3, -0.25) is 0 Å². The highest BCUT2D eigenvalue weighted by Gasteiger charge is 2.41. The summed E-state index contributed by atoms with van der Waals surface area (Å²) in [6.45, 7) is 3.08. The first kappa shape index (κ1) is 10.2. The van der Waals surface area contributed by atoms with Gasteiger partial charge in [0.15, 0.2) is 0 Å². The van der Waals surface area contributed by atoms with Crippen molar-refractivity contribution in [2.24, 2.45) is 11.7 Å². The molecule has 1 fully saturated rings. The normalized spacial score (nSPS) is 31.2. The highest BCUT2D eigenvalue weighted by atomic mass is 79.9. The van der Waals surface area contributed by atoms with Gasteiger partial charge in [-0.05, 0) is 36.5 Å². The minimum Gasteiger partial charge on any atom is -0.330 e. The summed E-state index contributed by atoms with van der Waals surface area (Å²) >= 11 is 3.45. The maximum absolute atomic E-state index is 5.89. The van der Waals surface area contributed by atoms with E-state index in [1.807, 2.05) is 0 Å². The van der Waals surface area contributed by atoms with Crippen molar-refractivity contribution in [3.8, 4) is 0 Å². The second-order valence-electron chi connectivity index (χ2n) is 4.50. The van der Waals surface area contributed by atoms with Gasteiger partial charge < -0.3 is 5.73 Å². The summed E-state index contributed by atoms with van der Waals surface area (Å²) in [6.07, 6.45) is 2.48. The van der Waals surface area contributed by atoms with E-state index in [2.05, 4.69) is 47.1 Å². The molecule has 76 valence electrons. The summed E-state index contributed by atoms with van der Waals surface area (Å²) in [5.74, 6) is 0.835. The Kier molecular flexibility index (Phi) is 2.67. The van der Waals surface area contributed by atoms with Crippen LogP contribution in [0.2, 0.25) is 0 Å². The van der Waals surface area contributed by atoms with Gasteiger partial charge in [0.1, 0.15) is 0 Å². The largest absolute Gasteiger partial charge is 0.330 e. The zero-order valence-electron chi connectivity index (χ0n) is 8.46. The third-order valence-corrected chi connectivity index (χ3v) is 3.85. The quantitative estimate of drug-likeness (QED) is 0.862. The molecule has 0 aromatic heterocycles. The Labute approximate surface area is 93.8 Å². The van der Waals surface area contributed by atoms with Crippen LogP contribution < -0.4 is 5.73 Å². The minimum absolute atomic E-state index is 0.278. The van der Waals surface area contributed by atoms with Crippen LogP contribution in [0, 0.1) is 5.92 Å². The second kappa shape index (κ2) is 3.67. The monoisotopic (exact) mass is 253 g/mol. The van der Waals surface area contributed by atoms with Crippen molar-refractivity contribution in [2.45, 2.75) is 25.2 Å². The van der Waals surface area contributed by atoms with Crippen LogP contribution in [0.5, 0.6) is 0 Å². The van der Waals surface area contributed by atoms with Gasteiger partial charge in [-0.15, -0.1) is 0 Å². The predicted octanol–water partition coefficient (Wildman–Crippen LogP) is 3.08. The molecule has 0 radical (unpaired) electrons. The molecule has 14 heavy (non-hydrogen) atoms. The standard InChI is InChI=1S/C12H16BrN/c1-9-6-12(7-9,8-14)10-2-4-11(13)5-3-10/h2-5,9H,6-8,14H2,1H3. The van der Waals surface area contributed by atoms with Gasteiger partial charge in [0, 0.05) is 16.4 Å². The Morgan fingerprint density at radius 1 is 1.36 bits per heavy atom. The van der Waals surface area contributed by atoms with Crippen LogP contribution in [0.15, 0.2) is 28.7 Å². The van der Waals surface area contributed by atoms with Crippen molar-refractivity contribution < 1.29 is 0 Å². The molecule has 0 spiro atoms. The SMILES string of the molecule is CC1CC(CN)(c2ccc(Br)cc2)C1. The van der Waals surface area contributed by atoms with Crippen molar-refractivity contribution in [2.75, 3.05) is 6.54 Å². The van der Waals surface area contributed by atoms with Gasteiger partial charge in [0.25, 0.3) is 0 Å². The van der Waals surface area contributed by atoms with Crippen molar-refractivity contribution in [3.63, 3.8) is 0 Å². The zero-order chi connectivity index (χ0) is 10.2. The molecule has 0 unspecified atom stereocenters. The number of nitrogens with two attached hydrogens (primary N) is 1. The Bertz CT molecular complexity index is 312. The third-order valence-electron chi connectivity index (χ3n) is 3.33. The molecule has 0 heterocycles. The molecule has 1 saturated carbocycles. The zero-order valence-corrected chi connectivity index (χ0v) is 10.0. The highest BCUT2D eigenvalue weighted by molar-refractivity contribution is 9.10. The van der Waals surface area contributed by atoms with E-state index in [9.17, 15) is 0 Å². The molecule has 1 aromatic carbocycles. The van der Waals surface area contributed by atoms with E-state index in [1.165, 1.54) is 18.4 Å². The average molecular weight is 254 g/mol. The Morgan fingerprint density at radius 3 is 2.36 bits per heavy atom. The number of halogens is 1. The predicted molar refractivity (Wildman–Crippen MR) is 63.3 cm³/mol. The Balaban J connectivity index is 2.25. The lowest BCUT2D eigenvalue weighted by molar-refractivity contribution is 0.165. The van der Waals surface area contributed by atoms with Crippen LogP contribution in [0.25, 0.3) is 0 Å². The Morgan fingerprint density at radius 2 is 1.93 bits per heavy atom. The molecule has 1 aliphatic carbocycles. The van der Waals surface area contributed by atoms with E-state index >= 15 is 0 Å². The van der Waals surface area contributed by atoms with E-state index in [4.69, 9.17) is 5.73 Å². The van der Waals surface area contributed by atoms with Crippen molar-refractivity contribution in [1.29, 1.82) is 0 Å². The van der Waals surface area contributed by atoms with Gasteiger partial charge in [-0.25, -0.2) is 0 Å². The van der Waals surface area contributed by atoms with E-state index in [0.29, 0.717) is 0 Å². The summed E-state index contributed by atoms with van der Waals surface area (Å²) in [6, 6.07) is 8.61. The molecule has 0 aliphatic heterocycles. The smallest absolute Gasteiger partial charge is 0.0175 e. The molecule has 0 bridgehead atoms. The van der Waals surface area contributed by atoms with E-state index < -0.39 is 0 Å². The topological polar surface area (TPSA) is 26.0 Å². The molecule has 0 saturated heterocycles. The lowest BCUT2D eigenvalue weighted by Crippen LogP contribution is -2.46. The van der Waals surface area contributed by atoms with Gasteiger partial charge in [-0.1, -0.05) is 35.0 Å². The van der Waals surface area contributed by atoms with Crippen molar-refractivity contribution in [1.82, 2.24) is 0 Å². The molecule has 2 rings (SSSR count). The van der Waals surface area contributed by atoms with Gasteiger partial charge in [0.2, 0.25) is 0 Å². The molecule has 1 nitrogen and oxygen atoms in total. The van der Waals surface area contributed by atoms with Crippen LogP contribution in [0.3, 0.4) is 0 Å². The fourth-order valence-corrected chi connectivity index (χ4v) is 2.86. The third kappa shape index (κ3) is 1.61. The van der Waals surface area contributed by atoms with Gasteiger partial charge in [0.05, 0.1) is 0 Å². The lowest BCUT2D eigenvalue weighted by atomic mass is 9.59. The number of rotatable bonds is 2. The Hall–Kier alpha value is -0.340. The van der Waals surface area contributed by atoms with Crippen LogP contribution in [-0.4, -0.2) is 6.54 Å². The van der Waals surface area contributed by atoms with E-state index in [0.717, 1.165) is 16.9 Å². The first-order valence-corrected chi connectivity index (χ1v) is 5.92. The molecular formula is C12H16BrN. The summed E-state index contributed by atoms with van der Waals surface area (Å²) in [7, 11) is 0. The fourth-order valence-electron chi connectivity index (χ4n) is 2.60. The van der Waals surface area contributed by atoms with Gasteiger partial charge in [-0.2, -0.15) is 0 Å². The molecule has 2 heteroatoms. The summed E-state index contributed by atoms with van der Waals surface area (Å²) in [5.41, 5.74) is 7.57. The molecular weight excluding hydrogens is 238 g/mol. The maximum Gasteiger partial charge on any atom is 0.0175 e. The molecule has 1 aliphatic rings. The van der Waals surface area contributed by atoms with E-state index in [1.54, 1.807) is 0 Å². The minimum atomic E-state index is 0.278. The van der Waals surface area contributed by atoms with Crippen molar-refractivity contribution in [3.05, 3.63) is 34.3 Å². The summed E-state index contributed by atoms with van der Waals surface area (Å²) in [4.78, 5) is 0. The lowest BCUT2D eigenvalue weighted by Gasteiger charge is -2.46. The molecule has 0 amide bonds. The summed E-state index contributed by atoms with van der Waals surface area (Å²) < 4.78 is 1.14. The maximum atomic E-state index is 5.89. The first-order valence-electron chi connectivity index (χ1n) is 5.12. The molecule has 0 atom stereocenters. The fraction of sp³-hybridized carbons (Fsp3) is 0.500. The second-order valence-corrected chi connectivity index (χ2v) is 5.42. The number of benzene rings is 1. The number of hydrogen-bond acceptors (Lipinski definition) is 1. The van der Waals surface area contributed by atoms with Crippen LogP contribution in [0.4, 0.5) is 0 Å². The average Bonchev–Trinajstić information content (AvgIpc) is 2.14. The van der Waals surface area contributed by atoms with E-state index in [-0.39, 0.29) is 5.41 Å². The van der Waals surface area contributed by atoms with Gasteiger partial charge >= 0.3 is 0 Å².